The van der Waals surface area contributed by atoms with E-state index in [4.69, 9.17) is 0 Å². The van der Waals surface area contributed by atoms with Gasteiger partial charge in [0.2, 0.25) is 0 Å². The van der Waals surface area contributed by atoms with E-state index in [0.29, 0.717) is 0 Å². The Balaban J connectivity index is 1.96. The normalized spacial score (nSPS) is 10.7. The fraction of sp³-hybridized carbons (Fsp3) is 0. The predicted octanol–water partition coefficient (Wildman–Crippen LogP) is 3.65. The molecule has 0 fully saturated rings. The first-order valence-corrected chi connectivity index (χ1v) is 6.65. The van der Waals surface area contributed by atoms with Gasteiger partial charge in [-0.05, 0) is 36.4 Å². The highest BCUT2D eigenvalue weighted by Gasteiger charge is 2.07. The Labute approximate surface area is 123 Å². The minimum Gasteiger partial charge on any atom is -0.255 e. The van der Waals surface area contributed by atoms with Gasteiger partial charge >= 0.3 is 0 Å². The van der Waals surface area contributed by atoms with Gasteiger partial charge in [-0.1, -0.05) is 30.3 Å². The number of para-hydroxylation sites is 1. The second kappa shape index (κ2) is 6.43. The zero-order valence-corrected chi connectivity index (χ0v) is 11.4. The lowest BCUT2D eigenvalue weighted by molar-refractivity contribution is 1.04. The van der Waals surface area contributed by atoms with E-state index >= 15 is 0 Å². The van der Waals surface area contributed by atoms with E-state index in [1.54, 1.807) is 23.6 Å². The van der Waals surface area contributed by atoms with Crippen molar-refractivity contribution in [1.82, 2.24) is 9.97 Å². The minimum absolute atomic E-state index is 0.760. The van der Waals surface area contributed by atoms with Crippen LogP contribution in [0.3, 0.4) is 0 Å². The summed E-state index contributed by atoms with van der Waals surface area (Å²) in [6, 6.07) is 21.4. The fourth-order valence-corrected chi connectivity index (χ4v) is 1.88. The van der Waals surface area contributed by atoms with Crippen molar-refractivity contribution < 1.29 is 0 Å². The highest BCUT2D eigenvalue weighted by molar-refractivity contribution is 5.79. The van der Waals surface area contributed by atoms with Crippen LogP contribution in [0.4, 0.5) is 11.5 Å². The van der Waals surface area contributed by atoms with Gasteiger partial charge in [0.1, 0.15) is 0 Å². The third kappa shape index (κ3) is 3.30. The van der Waals surface area contributed by atoms with E-state index in [-0.39, 0.29) is 0 Å². The Kier molecular flexibility index (Phi) is 3.98. The number of hydrazone groups is 1. The van der Waals surface area contributed by atoms with E-state index in [9.17, 15) is 0 Å². The molecule has 2 heterocycles. The van der Waals surface area contributed by atoms with Crippen molar-refractivity contribution in [2.24, 2.45) is 5.10 Å². The molecule has 0 aliphatic carbocycles. The monoisotopic (exact) mass is 274 g/mol. The summed E-state index contributed by atoms with van der Waals surface area (Å²) in [5, 5.41) is 6.30. The molecule has 4 nitrogen and oxygen atoms in total. The summed E-state index contributed by atoms with van der Waals surface area (Å²) >= 11 is 0. The van der Waals surface area contributed by atoms with Crippen LogP contribution in [-0.2, 0) is 0 Å². The quantitative estimate of drug-likeness (QED) is 0.538. The number of aromatic nitrogens is 2. The van der Waals surface area contributed by atoms with Gasteiger partial charge in [-0.15, -0.1) is 0 Å². The van der Waals surface area contributed by atoms with Crippen LogP contribution in [0.1, 0.15) is 5.69 Å². The molecule has 1 aromatic carbocycles. The maximum absolute atomic E-state index is 4.52. The van der Waals surface area contributed by atoms with Crippen LogP contribution in [0.2, 0.25) is 0 Å². The van der Waals surface area contributed by atoms with Gasteiger partial charge in [0, 0.05) is 12.4 Å². The summed E-state index contributed by atoms with van der Waals surface area (Å²) in [5.74, 6) is 0.760. The first kappa shape index (κ1) is 13.0. The molecule has 0 N–H and O–H groups in total. The molecule has 0 aliphatic rings. The Morgan fingerprint density at radius 1 is 0.762 bits per heavy atom. The maximum atomic E-state index is 4.52. The van der Waals surface area contributed by atoms with Gasteiger partial charge in [0.15, 0.2) is 5.82 Å². The van der Waals surface area contributed by atoms with Crippen molar-refractivity contribution in [3.8, 4) is 0 Å². The van der Waals surface area contributed by atoms with Crippen LogP contribution in [0.15, 0.2) is 84.2 Å². The number of benzene rings is 1. The first-order chi connectivity index (χ1) is 10.4. The standard InChI is InChI=1S/C17H14N4/c1-2-9-16(10-3-1)21(17-11-5-7-13-19-17)20-14-15-8-4-6-12-18-15/h1-14H/b20-14+. The van der Waals surface area contributed by atoms with E-state index in [1.165, 1.54) is 0 Å². The van der Waals surface area contributed by atoms with Gasteiger partial charge < -0.3 is 0 Å². The van der Waals surface area contributed by atoms with E-state index in [2.05, 4.69) is 15.1 Å². The molecule has 102 valence electrons. The molecule has 0 amide bonds. The molecule has 3 rings (SSSR count). The van der Waals surface area contributed by atoms with Crippen LogP contribution in [0, 0.1) is 0 Å². The first-order valence-electron chi connectivity index (χ1n) is 6.65. The van der Waals surface area contributed by atoms with E-state index < -0.39 is 0 Å². The fourth-order valence-electron chi connectivity index (χ4n) is 1.88. The lowest BCUT2D eigenvalue weighted by atomic mass is 10.3. The van der Waals surface area contributed by atoms with Gasteiger partial charge in [-0.25, -0.2) is 9.99 Å². The maximum Gasteiger partial charge on any atom is 0.153 e. The largest absolute Gasteiger partial charge is 0.255 e. The molecule has 0 spiro atoms. The van der Waals surface area contributed by atoms with Crippen LogP contribution < -0.4 is 5.01 Å². The Morgan fingerprint density at radius 3 is 2.14 bits per heavy atom. The third-order valence-electron chi connectivity index (χ3n) is 2.86. The van der Waals surface area contributed by atoms with Crippen molar-refractivity contribution >= 4 is 17.7 Å². The highest BCUT2D eigenvalue weighted by atomic mass is 15.5. The smallest absolute Gasteiger partial charge is 0.153 e. The topological polar surface area (TPSA) is 41.4 Å². The Morgan fingerprint density at radius 2 is 1.48 bits per heavy atom. The number of rotatable bonds is 4. The second-order valence-corrected chi connectivity index (χ2v) is 4.33. The molecule has 3 aromatic rings. The molecule has 0 bridgehead atoms. The molecule has 0 unspecified atom stereocenters. The molecular weight excluding hydrogens is 260 g/mol. The van der Waals surface area contributed by atoms with Crippen LogP contribution in [0.25, 0.3) is 0 Å². The molecule has 0 saturated heterocycles. The summed E-state index contributed by atoms with van der Waals surface area (Å²) in [4.78, 5) is 8.60. The summed E-state index contributed by atoms with van der Waals surface area (Å²) in [7, 11) is 0. The van der Waals surface area contributed by atoms with E-state index in [0.717, 1.165) is 17.2 Å². The molecule has 0 atom stereocenters. The van der Waals surface area contributed by atoms with Gasteiger partial charge in [0.25, 0.3) is 0 Å². The van der Waals surface area contributed by atoms with Crippen molar-refractivity contribution in [2.45, 2.75) is 0 Å². The SMILES string of the molecule is C(=N\N(c1ccccc1)c1ccccn1)/c1ccccn1. The predicted molar refractivity (Wildman–Crippen MR) is 84.6 cm³/mol. The van der Waals surface area contributed by atoms with Crippen molar-refractivity contribution in [3.63, 3.8) is 0 Å². The van der Waals surface area contributed by atoms with Crippen molar-refractivity contribution in [1.29, 1.82) is 0 Å². The lowest BCUT2D eigenvalue weighted by Gasteiger charge is -2.17. The summed E-state index contributed by atoms with van der Waals surface area (Å²) < 4.78 is 0. The minimum atomic E-state index is 0.760. The molecular formula is C17H14N4. The van der Waals surface area contributed by atoms with Crippen molar-refractivity contribution in [3.05, 3.63) is 84.8 Å². The summed E-state index contributed by atoms with van der Waals surface area (Å²) in [5.41, 5.74) is 1.75. The molecule has 0 aliphatic heterocycles. The molecule has 4 heteroatoms. The number of anilines is 2. The Hall–Kier alpha value is -3.01. The number of nitrogens with zero attached hydrogens (tertiary/aromatic N) is 4. The van der Waals surface area contributed by atoms with Crippen molar-refractivity contribution in [2.75, 3.05) is 5.01 Å². The molecule has 21 heavy (non-hydrogen) atoms. The van der Waals surface area contributed by atoms with Crippen LogP contribution in [0.5, 0.6) is 0 Å². The zero-order valence-electron chi connectivity index (χ0n) is 11.4. The Bertz CT molecular complexity index is 657. The summed E-state index contributed by atoms with van der Waals surface area (Å²) in [6.07, 6.45) is 5.22. The second-order valence-electron chi connectivity index (χ2n) is 4.33. The molecule has 2 aromatic heterocycles. The number of pyridine rings is 2. The molecule has 0 saturated carbocycles. The van der Waals surface area contributed by atoms with Gasteiger partial charge in [0.05, 0.1) is 17.6 Å². The zero-order chi connectivity index (χ0) is 14.3. The molecule has 0 radical (unpaired) electrons. The van der Waals surface area contributed by atoms with Crippen LogP contribution in [-0.4, -0.2) is 16.2 Å². The van der Waals surface area contributed by atoms with E-state index in [1.807, 2.05) is 66.7 Å². The number of hydrogen-bond donors (Lipinski definition) is 0. The third-order valence-corrected chi connectivity index (χ3v) is 2.86. The average Bonchev–Trinajstić information content (AvgIpc) is 2.58. The van der Waals surface area contributed by atoms with Crippen LogP contribution >= 0.6 is 0 Å². The summed E-state index contributed by atoms with van der Waals surface area (Å²) in [6.45, 7) is 0. The average molecular weight is 274 g/mol. The highest BCUT2D eigenvalue weighted by Crippen LogP contribution is 2.22. The van der Waals surface area contributed by atoms with Gasteiger partial charge in [-0.3, -0.25) is 4.98 Å². The number of hydrogen-bond acceptors (Lipinski definition) is 4. The lowest BCUT2D eigenvalue weighted by Crippen LogP contribution is -2.10. The van der Waals surface area contributed by atoms with Gasteiger partial charge in [-0.2, -0.15) is 5.10 Å².